The van der Waals surface area contributed by atoms with Crippen LogP contribution in [0.3, 0.4) is 0 Å². The maximum absolute atomic E-state index is 11.6. The van der Waals surface area contributed by atoms with Crippen LogP contribution in [0.15, 0.2) is 60.7 Å². The molecule has 1 aliphatic rings. The second kappa shape index (κ2) is 5.35. The van der Waals surface area contributed by atoms with Crippen molar-refractivity contribution in [2.24, 2.45) is 0 Å². The molecule has 0 bridgehead atoms. The van der Waals surface area contributed by atoms with Crippen molar-refractivity contribution in [1.29, 1.82) is 0 Å². The molecule has 1 fully saturated rings. The van der Waals surface area contributed by atoms with Gasteiger partial charge < -0.3 is 5.11 Å². The fraction of sp³-hybridized carbons (Fsp3) is 0.188. The molecule has 4 nitrogen and oxygen atoms in total. The number of anilines is 1. The molecular formula is C16H15NO3. The van der Waals surface area contributed by atoms with Crippen LogP contribution in [0.5, 0.6) is 0 Å². The molecule has 2 aromatic rings. The maximum atomic E-state index is 11.6. The van der Waals surface area contributed by atoms with Crippen molar-refractivity contribution < 1.29 is 14.7 Å². The van der Waals surface area contributed by atoms with Gasteiger partial charge in [-0.1, -0.05) is 48.5 Å². The molecule has 2 atom stereocenters. The van der Waals surface area contributed by atoms with Crippen LogP contribution < -0.4 is 5.06 Å². The molecule has 0 amide bonds. The lowest BCUT2D eigenvalue weighted by Gasteiger charge is -2.23. The lowest BCUT2D eigenvalue weighted by atomic mass is 9.93. The molecule has 0 aliphatic carbocycles. The predicted octanol–water partition coefficient (Wildman–Crippen LogP) is 2.68. The topological polar surface area (TPSA) is 49.8 Å². The lowest BCUT2D eigenvalue weighted by Crippen LogP contribution is -2.38. The van der Waals surface area contributed by atoms with Gasteiger partial charge in [0.25, 0.3) is 0 Å². The molecule has 0 saturated carbocycles. The van der Waals surface area contributed by atoms with Gasteiger partial charge in [-0.3, -0.25) is 4.84 Å². The quantitative estimate of drug-likeness (QED) is 0.930. The zero-order chi connectivity index (χ0) is 13.9. The van der Waals surface area contributed by atoms with Gasteiger partial charge in [0.05, 0.1) is 12.3 Å². The van der Waals surface area contributed by atoms with Crippen molar-refractivity contribution in [2.75, 3.05) is 11.7 Å². The molecule has 4 heteroatoms. The molecule has 3 rings (SSSR count). The molecule has 1 aliphatic heterocycles. The van der Waals surface area contributed by atoms with E-state index < -0.39 is 12.0 Å². The number of hydroxylamine groups is 1. The van der Waals surface area contributed by atoms with E-state index in [0.717, 1.165) is 11.3 Å². The van der Waals surface area contributed by atoms with Crippen LogP contribution in [0.2, 0.25) is 0 Å². The molecule has 1 N–H and O–H groups in total. The van der Waals surface area contributed by atoms with Gasteiger partial charge in [-0.05, 0) is 17.7 Å². The Kier molecular flexibility index (Phi) is 3.39. The van der Waals surface area contributed by atoms with Gasteiger partial charge in [0.15, 0.2) is 6.04 Å². The SMILES string of the molecule is O=C(O)C1C(c2ccccc2)CON1c1ccccc1. The minimum atomic E-state index is -0.875. The van der Waals surface area contributed by atoms with Gasteiger partial charge in [0, 0.05) is 5.92 Å². The van der Waals surface area contributed by atoms with Gasteiger partial charge in [-0.25, -0.2) is 9.86 Å². The number of carboxylic acids is 1. The molecule has 1 saturated heterocycles. The summed E-state index contributed by atoms with van der Waals surface area (Å²) in [6, 6.07) is 18.3. The molecule has 102 valence electrons. The zero-order valence-corrected chi connectivity index (χ0v) is 10.8. The van der Waals surface area contributed by atoms with Gasteiger partial charge >= 0.3 is 5.97 Å². The highest BCUT2D eigenvalue weighted by Gasteiger charge is 2.42. The Bertz CT molecular complexity index is 538. The van der Waals surface area contributed by atoms with E-state index in [1.54, 1.807) is 0 Å². The van der Waals surface area contributed by atoms with E-state index in [-0.39, 0.29) is 5.92 Å². The Labute approximate surface area is 117 Å². The summed E-state index contributed by atoms with van der Waals surface area (Å²) >= 11 is 0. The number of para-hydroxylation sites is 1. The highest BCUT2D eigenvalue weighted by Crippen LogP contribution is 2.34. The molecule has 1 heterocycles. The summed E-state index contributed by atoms with van der Waals surface area (Å²) in [6.45, 7) is 0.371. The average molecular weight is 269 g/mol. The lowest BCUT2D eigenvalue weighted by molar-refractivity contribution is -0.139. The van der Waals surface area contributed by atoms with Crippen LogP contribution in [0, 0.1) is 0 Å². The third-order valence-corrected chi connectivity index (χ3v) is 3.52. The van der Waals surface area contributed by atoms with Crippen molar-refractivity contribution in [1.82, 2.24) is 0 Å². The second-order valence-corrected chi connectivity index (χ2v) is 4.76. The van der Waals surface area contributed by atoms with Crippen LogP contribution in [0.4, 0.5) is 5.69 Å². The predicted molar refractivity (Wildman–Crippen MR) is 75.5 cm³/mol. The molecular weight excluding hydrogens is 254 g/mol. The number of carboxylic acid groups (broad SMARTS) is 1. The summed E-state index contributed by atoms with van der Waals surface area (Å²) < 4.78 is 0. The first-order valence-electron chi connectivity index (χ1n) is 6.52. The fourth-order valence-corrected chi connectivity index (χ4v) is 2.56. The van der Waals surface area contributed by atoms with Crippen molar-refractivity contribution in [2.45, 2.75) is 12.0 Å². The third-order valence-electron chi connectivity index (χ3n) is 3.52. The first-order valence-corrected chi connectivity index (χ1v) is 6.52. The van der Waals surface area contributed by atoms with E-state index in [0.29, 0.717) is 6.61 Å². The van der Waals surface area contributed by atoms with Crippen LogP contribution >= 0.6 is 0 Å². The molecule has 0 spiro atoms. The van der Waals surface area contributed by atoms with Crippen LogP contribution in [0.1, 0.15) is 11.5 Å². The number of hydrogen-bond donors (Lipinski definition) is 1. The minimum absolute atomic E-state index is 0.172. The maximum Gasteiger partial charge on any atom is 0.329 e. The first-order chi connectivity index (χ1) is 9.77. The molecule has 0 aromatic heterocycles. The van der Waals surface area contributed by atoms with Crippen molar-refractivity contribution in [3.8, 4) is 0 Å². The fourth-order valence-electron chi connectivity index (χ4n) is 2.56. The van der Waals surface area contributed by atoms with Crippen molar-refractivity contribution >= 4 is 11.7 Å². The van der Waals surface area contributed by atoms with Crippen molar-refractivity contribution in [3.05, 3.63) is 66.2 Å². The Morgan fingerprint density at radius 2 is 1.65 bits per heavy atom. The third kappa shape index (κ3) is 2.26. The monoisotopic (exact) mass is 269 g/mol. The number of carbonyl (C=O) groups is 1. The summed E-state index contributed by atoms with van der Waals surface area (Å²) in [7, 11) is 0. The summed E-state index contributed by atoms with van der Waals surface area (Å²) in [6.07, 6.45) is 0. The van der Waals surface area contributed by atoms with Crippen molar-refractivity contribution in [3.63, 3.8) is 0 Å². The molecule has 0 radical (unpaired) electrons. The number of benzene rings is 2. The van der Waals surface area contributed by atoms with E-state index in [9.17, 15) is 9.90 Å². The average Bonchev–Trinajstić information content (AvgIpc) is 2.94. The van der Waals surface area contributed by atoms with Crippen LogP contribution in [0.25, 0.3) is 0 Å². The van der Waals surface area contributed by atoms with E-state index in [2.05, 4.69) is 0 Å². The Balaban J connectivity index is 1.94. The minimum Gasteiger partial charge on any atom is -0.480 e. The summed E-state index contributed by atoms with van der Waals surface area (Å²) in [4.78, 5) is 17.3. The molecule has 2 aromatic carbocycles. The largest absolute Gasteiger partial charge is 0.480 e. The normalized spacial score (nSPS) is 21.9. The Hall–Kier alpha value is -2.33. The Morgan fingerprint density at radius 3 is 2.25 bits per heavy atom. The van der Waals surface area contributed by atoms with E-state index in [1.807, 2.05) is 60.7 Å². The smallest absolute Gasteiger partial charge is 0.329 e. The molecule has 20 heavy (non-hydrogen) atoms. The summed E-state index contributed by atoms with van der Waals surface area (Å²) in [5.74, 6) is -1.05. The highest BCUT2D eigenvalue weighted by atomic mass is 16.7. The summed E-state index contributed by atoms with van der Waals surface area (Å²) in [5.41, 5.74) is 1.75. The van der Waals surface area contributed by atoms with Gasteiger partial charge in [-0.15, -0.1) is 0 Å². The van der Waals surface area contributed by atoms with E-state index >= 15 is 0 Å². The van der Waals surface area contributed by atoms with Crippen LogP contribution in [-0.2, 0) is 9.63 Å². The Morgan fingerprint density at radius 1 is 1.05 bits per heavy atom. The number of nitrogens with zero attached hydrogens (tertiary/aromatic N) is 1. The molecule has 2 unspecified atom stereocenters. The van der Waals surface area contributed by atoms with E-state index in [4.69, 9.17) is 4.84 Å². The van der Waals surface area contributed by atoms with Gasteiger partial charge in [0.2, 0.25) is 0 Å². The number of rotatable bonds is 3. The standard InChI is InChI=1S/C16H15NO3/c18-16(19)15-14(12-7-3-1-4-8-12)11-20-17(15)13-9-5-2-6-10-13/h1-10,14-15H,11H2,(H,18,19). The van der Waals surface area contributed by atoms with Crippen LogP contribution in [-0.4, -0.2) is 23.7 Å². The van der Waals surface area contributed by atoms with E-state index in [1.165, 1.54) is 5.06 Å². The highest BCUT2D eigenvalue weighted by molar-refractivity contribution is 5.79. The zero-order valence-electron chi connectivity index (χ0n) is 10.8. The van der Waals surface area contributed by atoms with Gasteiger partial charge in [-0.2, -0.15) is 0 Å². The first kappa shape index (κ1) is 12.7. The van der Waals surface area contributed by atoms with Gasteiger partial charge in [0.1, 0.15) is 0 Å². The second-order valence-electron chi connectivity index (χ2n) is 4.76. The number of aliphatic carboxylic acids is 1. The number of hydrogen-bond acceptors (Lipinski definition) is 3. The summed E-state index contributed by atoms with van der Waals surface area (Å²) in [5, 5.41) is 11.1.